The Balaban J connectivity index is 2.05. The summed E-state index contributed by atoms with van der Waals surface area (Å²) in [5.74, 6) is -0.261. The zero-order valence-corrected chi connectivity index (χ0v) is 13.2. The van der Waals surface area contributed by atoms with E-state index in [9.17, 15) is 9.18 Å². The lowest BCUT2D eigenvalue weighted by molar-refractivity contribution is -0.117. The Morgan fingerprint density at radius 1 is 1.00 bits per heavy atom. The van der Waals surface area contributed by atoms with Crippen LogP contribution in [0.15, 0.2) is 51.4 Å². The lowest BCUT2D eigenvalue weighted by Crippen LogP contribution is -2.07. The molecule has 0 radical (unpaired) electrons. The van der Waals surface area contributed by atoms with E-state index in [-0.39, 0.29) is 18.0 Å². The summed E-state index contributed by atoms with van der Waals surface area (Å²) in [7, 11) is 0. The molecule has 0 unspecified atom stereocenters. The molecule has 2 rings (SSSR count). The molecule has 0 heterocycles. The highest BCUT2D eigenvalue weighted by Crippen LogP contribution is 2.19. The first-order chi connectivity index (χ1) is 9.04. The molecule has 0 fully saturated rings. The van der Waals surface area contributed by atoms with Crippen molar-refractivity contribution in [2.75, 3.05) is 0 Å². The number of hydrogen-bond acceptors (Lipinski definition) is 1. The Bertz CT molecular complexity index is 594. The first-order valence-corrected chi connectivity index (χ1v) is 7.33. The van der Waals surface area contributed by atoms with E-state index in [1.165, 1.54) is 12.1 Å². The fourth-order valence-electron chi connectivity index (χ4n) is 1.78. The minimum absolute atomic E-state index is 0.0635. The van der Waals surface area contributed by atoms with Crippen molar-refractivity contribution >= 4 is 37.6 Å². The van der Waals surface area contributed by atoms with Gasteiger partial charge in [0.15, 0.2) is 0 Å². The third kappa shape index (κ3) is 4.25. The molecule has 0 spiro atoms. The number of carbonyl (C=O) groups excluding carboxylic acids is 1. The maximum Gasteiger partial charge on any atom is 0.141 e. The van der Waals surface area contributed by atoms with Crippen LogP contribution in [0.5, 0.6) is 0 Å². The van der Waals surface area contributed by atoms with E-state index in [4.69, 9.17) is 0 Å². The molecule has 0 bridgehead atoms. The predicted octanol–water partition coefficient (Wildman–Crippen LogP) is 4.71. The average molecular weight is 386 g/mol. The van der Waals surface area contributed by atoms with Gasteiger partial charge in [0.25, 0.3) is 0 Å². The molecule has 2 aromatic rings. The van der Waals surface area contributed by atoms with E-state index in [2.05, 4.69) is 31.9 Å². The maximum absolute atomic E-state index is 13.1. The summed E-state index contributed by atoms with van der Waals surface area (Å²) in [5, 5.41) is 0. The molecule has 1 nitrogen and oxygen atoms in total. The second-order valence-corrected chi connectivity index (χ2v) is 6.02. The molecule has 0 aliphatic heterocycles. The fourth-order valence-corrected chi connectivity index (χ4v) is 2.43. The molecule has 0 N–H and O–H groups in total. The highest BCUT2D eigenvalue weighted by atomic mass is 79.9. The van der Waals surface area contributed by atoms with Gasteiger partial charge in [-0.05, 0) is 41.5 Å². The summed E-state index contributed by atoms with van der Waals surface area (Å²) in [4.78, 5) is 12.0. The Hall–Kier alpha value is -1.00. The number of rotatable bonds is 4. The van der Waals surface area contributed by atoms with Crippen molar-refractivity contribution in [1.29, 1.82) is 0 Å². The molecular formula is C15H11Br2FO. The van der Waals surface area contributed by atoms with Gasteiger partial charge in [0, 0.05) is 21.8 Å². The normalized spacial score (nSPS) is 10.5. The van der Waals surface area contributed by atoms with Crippen LogP contribution < -0.4 is 0 Å². The largest absolute Gasteiger partial charge is 0.299 e. The number of halogens is 3. The molecule has 0 aliphatic carbocycles. The first-order valence-electron chi connectivity index (χ1n) is 5.74. The molecule has 0 aliphatic rings. The topological polar surface area (TPSA) is 17.1 Å². The summed E-state index contributed by atoms with van der Waals surface area (Å²) in [6.07, 6.45) is 0.588. The summed E-state index contributed by atoms with van der Waals surface area (Å²) in [6, 6.07) is 12.0. The van der Waals surface area contributed by atoms with E-state index in [0.29, 0.717) is 12.0 Å². The van der Waals surface area contributed by atoms with Crippen LogP contribution in [-0.4, -0.2) is 5.78 Å². The minimum Gasteiger partial charge on any atom is -0.299 e. The van der Waals surface area contributed by atoms with Crippen molar-refractivity contribution in [3.63, 3.8) is 0 Å². The number of carbonyl (C=O) groups is 1. The number of ketones is 1. The van der Waals surface area contributed by atoms with Gasteiger partial charge >= 0.3 is 0 Å². The molecular weight excluding hydrogens is 375 g/mol. The van der Waals surface area contributed by atoms with Gasteiger partial charge in [-0.2, -0.15) is 0 Å². The van der Waals surface area contributed by atoms with Crippen LogP contribution in [0.3, 0.4) is 0 Å². The fraction of sp³-hybridized carbons (Fsp3) is 0.133. The van der Waals surface area contributed by atoms with Crippen molar-refractivity contribution in [2.45, 2.75) is 12.8 Å². The van der Waals surface area contributed by atoms with Gasteiger partial charge in [-0.1, -0.05) is 44.0 Å². The smallest absolute Gasteiger partial charge is 0.141 e. The average Bonchev–Trinajstić information content (AvgIpc) is 2.37. The summed E-state index contributed by atoms with van der Waals surface area (Å²) >= 11 is 6.68. The number of Topliss-reactive ketones (excluding diaryl/α,β-unsaturated/α-hetero) is 1. The Morgan fingerprint density at radius 2 is 1.68 bits per heavy atom. The van der Waals surface area contributed by atoms with Crippen LogP contribution in [0.1, 0.15) is 11.1 Å². The van der Waals surface area contributed by atoms with Crippen molar-refractivity contribution in [1.82, 2.24) is 0 Å². The van der Waals surface area contributed by atoms with E-state index < -0.39 is 0 Å². The van der Waals surface area contributed by atoms with Gasteiger partial charge < -0.3 is 0 Å². The van der Waals surface area contributed by atoms with E-state index in [0.717, 1.165) is 14.5 Å². The van der Waals surface area contributed by atoms with E-state index in [1.54, 1.807) is 6.07 Å². The lowest BCUT2D eigenvalue weighted by atomic mass is 10.0. The maximum atomic E-state index is 13.1. The van der Waals surface area contributed by atoms with Crippen LogP contribution >= 0.6 is 31.9 Å². The Kier molecular flexibility index (Phi) is 4.88. The van der Waals surface area contributed by atoms with Crippen molar-refractivity contribution in [2.24, 2.45) is 0 Å². The van der Waals surface area contributed by atoms with E-state index >= 15 is 0 Å². The molecule has 0 aromatic heterocycles. The first kappa shape index (κ1) is 14.4. The molecule has 0 atom stereocenters. The van der Waals surface area contributed by atoms with Crippen LogP contribution in [0.25, 0.3) is 0 Å². The lowest BCUT2D eigenvalue weighted by Gasteiger charge is -2.05. The zero-order valence-electron chi connectivity index (χ0n) is 10.00. The van der Waals surface area contributed by atoms with Gasteiger partial charge in [0.05, 0.1) is 0 Å². The quantitative estimate of drug-likeness (QED) is 0.745. The highest BCUT2D eigenvalue weighted by Gasteiger charge is 2.09. The van der Waals surface area contributed by atoms with Crippen molar-refractivity contribution < 1.29 is 9.18 Å². The van der Waals surface area contributed by atoms with Crippen LogP contribution in [0.2, 0.25) is 0 Å². The molecule has 4 heteroatoms. The summed E-state index contributed by atoms with van der Waals surface area (Å²) in [6.45, 7) is 0. The third-order valence-electron chi connectivity index (χ3n) is 2.71. The Labute approximate surface area is 128 Å². The van der Waals surface area contributed by atoms with Crippen LogP contribution in [0.4, 0.5) is 4.39 Å². The van der Waals surface area contributed by atoms with Gasteiger partial charge in [0.2, 0.25) is 0 Å². The van der Waals surface area contributed by atoms with E-state index in [1.807, 2.05) is 24.3 Å². The van der Waals surface area contributed by atoms with Gasteiger partial charge in [0.1, 0.15) is 11.6 Å². The molecule has 98 valence electrons. The summed E-state index contributed by atoms with van der Waals surface area (Å²) in [5.41, 5.74) is 1.64. The predicted molar refractivity (Wildman–Crippen MR) is 80.7 cm³/mol. The van der Waals surface area contributed by atoms with Gasteiger partial charge in [-0.15, -0.1) is 0 Å². The van der Waals surface area contributed by atoms with Crippen molar-refractivity contribution in [3.8, 4) is 0 Å². The molecule has 2 aromatic carbocycles. The molecule has 0 saturated carbocycles. The molecule has 0 saturated heterocycles. The second-order valence-electron chi connectivity index (χ2n) is 4.25. The third-order valence-corrected chi connectivity index (χ3v) is 4.01. The monoisotopic (exact) mass is 384 g/mol. The van der Waals surface area contributed by atoms with Gasteiger partial charge in [-0.25, -0.2) is 4.39 Å². The summed E-state index contributed by atoms with van der Waals surface area (Å²) < 4.78 is 14.9. The van der Waals surface area contributed by atoms with Crippen LogP contribution in [-0.2, 0) is 17.6 Å². The minimum atomic E-state index is -0.324. The SMILES string of the molecule is O=C(Cc1ccc(Br)cc1)Cc1cc(F)ccc1Br. The second kappa shape index (κ2) is 6.44. The Morgan fingerprint density at radius 3 is 2.37 bits per heavy atom. The highest BCUT2D eigenvalue weighted by molar-refractivity contribution is 9.10. The van der Waals surface area contributed by atoms with Crippen LogP contribution in [0, 0.1) is 5.82 Å². The standard InChI is InChI=1S/C15H11Br2FO/c16-12-3-1-10(2-4-12)7-14(19)9-11-8-13(18)5-6-15(11)17/h1-6,8H,7,9H2. The van der Waals surface area contributed by atoms with Crippen molar-refractivity contribution in [3.05, 3.63) is 68.4 Å². The van der Waals surface area contributed by atoms with Gasteiger partial charge in [-0.3, -0.25) is 4.79 Å². The number of benzene rings is 2. The molecule has 19 heavy (non-hydrogen) atoms. The zero-order chi connectivity index (χ0) is 13.8. The molecule has 0 amide bonds. The number of hydrogen-bond donors (Lipinski definition) is 0.